The number of aliphatic carboxylic acids is 1. The highest BCUT2D eigenvalue weighted by Gasteiger charge is 2.23. The highest BCUT2D eigenvalue weighted by atomic mass is 32.1. The van der Waals surface area contributed by atoms with E-state index in [1.807, 2.05) is 6.92 Å². The molecule has 1 heterocycles. The van der Waals surface area contributed by atoms with Gasteiger partial charge in [-0.05, 0) is 27.7 Å². The van der Waals surface area contributed by atoms with Gasteiger partial charge in [-0.3, -0.25) is 4.79 Å². The van der Waals surface area contributed by atoms with Crippen LogP contribution in [0, 0.1) is 6.92 Å². The Morgan fingerprint density at radius 1 is 1.53 bits per heavy atom. The second kappa shape index (κ2) is 6.01. The molecule has 0 aliphatic heterocycles. The van der Waals surface area contributed by atoms with Gasteiger partial charge in [0.15, 0.2) is 0 Å². The van der Waals surface area contributed by atoms with Gasteiger partial charge in [0.2, 0.25) is 0 Å². The molecule has 7 heteroatoms. The van der Waals surface area contributed by atoms with Crippen molar-refractivity contribution in [2.24, 2.45) is 0 Å². The maximum Gasteiger partial charge on any atom is 0.408 e. The lowest BCUT2D eigenvalue weighted by molar-refractivity contribution is -0.137. The average molecular weight is 286 g/mol. The fourth-order valence-corrected chi connectivity index (χ4v) is 2.06. The first-order chi connectivity index (χ1) is 8.67. The van der Waals surface area contributed by atoms with E-state index in [-0.39, 0.29) is 6.42 Å². The first kappa shape index (κ1) is 15.4. The van der Waals surface area contributed by atoms with Crippen LogP contribution in [0.25, 0.3) is 0 Å². The summed E-state index contributed by atoms with van der Waals surface area (Å²) in [6.07, 6.45) is -0.882. The fourth-order valence-electron chi connectivity index (χ4n) is 1.39. The molecule has 1 aromatic rings. The largest absolute Gasteiger partial charge is 0.481 e. The molecule has 0 saturated carbocycles. The van der Waals surface area contributed by atoms with Gasteiger partial charge in [-0.25, -0.2) is 9.78 Å². The van der Waals surface area contributed by atoms with E-state index in [0.29, 0.717) is 5.69 Å². The third kappa shape index (κ3) is 5.69. The number of rotatable bonds is 4. The standard InChI is InChI=1S/C12H18N2O4S/c1-7-13-9(6-19-7)8(5-10(15)16)14-11(17)18-12(2,3)4/h6,8H,5H2,1-4H3,(H,14,17)(H,15,16)/t8-/m0/s1. The molecule has 0 radical (unpaired) electrons. The van der Waals surface area contributed by atoms with E-state index in [1.54, 1.807) is 26.2 Å². The number of carboxylic acids is 1. The van der Waals surface area contributed by atoms with Crippen LogP contribution in [0.15, 0.2) is 5.38 Å². The molecule has 0 saturated heterocycles. The van der Waals surface area contributed by atoms with E-state index in [1.165, 1.54) is 11.3 Å². The minimum Gasteiger partial charge on any atom is -0.481 e. The summed E-state index contributed by atoms with van der Waals surface area (Å²) in [6.45, 7) is 7.04. The summed E-state index contributed by atoms with van der Waals surface area (Å²) in [7, 11) is 0. The van der Waals surface area contributed by atoms with Crippen LogP contribution in [0.4, 0.5) is 4.79 Å². The number of carbonyl (C=O) groups is 2. The van der Waals surface area contributed by atoms with E-state index in [0.717, 1.165) is 5.01 Å². The molecule has 0 aromatic carbocycles. The molecule has 0 bridgehead atoms. The Labute approximate surface area is 115 Å². The van der Waals surface area contributed by atoms with Crippen LogP contribution in [-0.4, -0.2) is 27.8 Å². The Hall–Kier alpha value is -1.63. The van der Waals surface area contributed by atoms with Crippen molar-refractivity contribution in [1.29, 1.82) is 0 Å². The molecule has 1 rings (SSSR count). The number of carbonyl (C=O) groups excluding carboxylic acids is 1. The van der Waals surface area contributed by atoms with Crippen molar-refractivity contribution in [2.75, 3.05) is 0 Å². The van der Waals surface area contributed by atoms with Crippen molar-refractivity contribution in [1.82, 2.24) is 10.3 Å². The summed E-state index contributed by atoms with van der Waals surface area (Å²) in [4.78, 5) is 26.7. The highest BCUT2D eigenvalue weighted by Crippen LogP contribution is 2.20. The number of carboxylic acid groups (broad SMARTS) is 1. The molecule has 6 nitrogen and oxygen atoms in total. The first-order valence-electron chi connectivity index (χ1n) is 5.80. The molecule has 0 fully saturated rings. The van der Waals surface area contributed by atoms with Gasteiger partial charge in [0.25, 0.3) is 0 Å². The van der Waals surface area contributed by atoms with Gasteiger partial charge in [0.1, 0.15) is 5.60 Å². The molecule has 0 aliphatic carbocycles. The molecular formula is C12H18N2O4S. The molecule has 106 valence electrons. The van der Waals surface area contributed by atoms with Crippen molar-refractivity contribution >= 4 is 23.4 Å². The van der Waals surface area contributed by atoms with E-state index in [4.69, 9.17) is 9.84 Å². The second-order valence-electron chi connectivity index (χ2n) is 5.09. The van der Waals surface area contributed by atoms with Crippen molar-refractivity contribution < 1.29 is 19.4 Å². The Morgan fingerprint density at radius 3 is 2.58 bits per heavy atom. The molecule has 1 aromatic heterocycles. The monoisotopic (exact) mass is 286 g/mol. The lowest BCUT2D eigenvalue weighted by Gasteiger charge is -2.22. The Morgan fingerprint density at radius 2 is 2.16 bits per heavy atom. The maximum absolute atomic E-state index is 11.7. The number of alkyl carbamates (subject to hydrolysis) is 1. The topological polar surface area (TPSA) is 88.5 Å². The number of nitrogens with one attached hydrogen (secondary N) is 1. The van der Waals surface area contributed by atoms with Gasteiger partial charge in [0.05, 0.1) is 23.2 Å². The lowest BCUT2D eigenvalue weighted by atomic mass is 10.1. The average Bonchev–Trinajstić information content (AvgIpc) is 2.60. The van der Waals surface area contributed by atoms with Gasteiger partial charge in [0, 0.05) is 5.38 Å². The van der Waals surface area contributed by atoms with Gasteiger partial charge in [-0.1, -0.05) is 0 Å². The predicted molar refractivity (Wildman–Crippen MR) is 71.2 cm³/mol. The fraction of sp³-hybridized carbons (Fsp3) is 0.583. The van der Waals surface area contributed by atoms with Crippen LogP contribution in [0.3, 0.4) is 0 Å². The molecule has 0 unspecified atom stereocenters. The zero-order valence-corrected chi connectivity index (χ0v) is 12.2. The molecule has 0 aliphatic rings. The van der Waals surface area contributed by atoms with Gasteiger partial charge < -0.3 is 15.2 Å². The van der Waals surface area contributed by atoms with E-state index < -0.39 is 23.7 Å². The number of nitrogens with zero attached hydrogens (tertiary/aromatic N) is 1. The maximum atomic E-state index is 11.7. The summed E-state index contributed by atoms with van der Waals surface area (Å²) in [5.74, 6) is -1.01. The quantitative estimate of drug-likeness (QED) is 0.887. The van der Waals surface area contributed by atoms with Crippen LogP contribution in [0.5, 0.6) is 0 Å². The van der Waals surface area contributed by atoms with Gasteiger partial charge in [-0.2, -0.15) is 0 Å². The molecular weight excluding hydrogens is 268 g/mol. The number of aromatic nitrogens is 1. The summed E-state index contributed by atoms with van der Waals surface area (Å²) < 4.78 is 5.11. The molecule has 1 atom stereocenters. The lowest BCUT2D eigenvalue weighted by Crippen LogP contribution is -2.36. The number of amides is 1. The van der Waals surface area contributed by atoms with Crippen LogP contribution < -0.4 is 5.32 Å². The molecule has 1 amide bonds. The molecule has 2 N–H and O–H groups in total. The summed E-state index contributed by atoms with van der Waals surface area (Å²) in [6, 6.07) is -0.683. The first-order valence-corrected chi connectivity index (χ1v) is 6.68. The van der Waals surface area contributed by atoms with Gasteiger partial charge in [-0.15, -0.1) is 11.3 Å². The van der Waals surface area contributed by atoms with Crippen LogP contribution in [0.2, 0.25) is 0 Å². The Kier molecular flexibility index (Phi) is 4.88. The summed E-state index contributed by atoms with van der Waals surface area (Å²) >= 11 is 1.40. The number of hydrogen-bond acceptors (Lipinski definition) is 5. The third-order valence-corrected chi connectivity index (χ3v) is 2.86. The number of aryl methyl sites for hydroxylation is 1. The van der Waals surface area contributed by atoms with Crippen molar-refractivity contribution in [2.45, 2.75) is 45.8 Å². The minimum atomic E-state index is -1.01. The second-order valence-corrected chi connectivity index (χ2v) is 6.15. The van der Waals surface area contributed by atoms with E-state index in [9.17, 15) is 9.59 Å². The Balaban J connectivity index is 2.76. The van der Waals surface area contributed by atoms with E-state index >= 15 is 0 Å². The SMILES string of the molecule is Cc1nc([C@H](CC(=O)O)NC(=O)OC(C)(C)C)cs1. The molecule has 19 heavy (non-hydrogen) atoms. The number of ether oxygens (including phenoxy) is 1. The third-order valence-electron chi connectivity index (χ3n) is 2.06. The smallest absolute Gasteiger partial charge is 0.408 e. The summed E-state index contributed by atoms with van der Waals surface area (Å²) in [5.41, 5.74) is -0.0914. The van der Waals surface area contributed by atoms with Crippen molar-refractivity contribution in [3.63, 3.8) is 0 Å². The number of hydrogen-bond donors (Lipinski definition) is 2. The predicted octanol–water partition coefficient (Wildman–Crippen LogP) is 2.49. The number of thiazole rings is 1. The van der Waals surface area contributed by atoms with Gasteiger partial charge >= 0.3 is 12.1 Å². The highest BCUT2D eigenvalue weighted by molar-refractivity contribution is 7.09. The van der Waals surface area contributed by atoms with E-state index in [2.05, 4.69) is 10.3 Å². The normalized spacial score (nSPS) is 12.8. The van der Waals surface area contributed by atoms with Crippen molar-refractivity contribution in [3.8, 4) is 0 Å². The van der Waals surface area contributed by atoms with Crippen LogP contribution >= 0.6 is 11.3 Å². The zero-order chi connectivity index (χ0) is 14.6. The Bertz CT molecular complexity index is 465. The van der Waals surface area contributed by atoms with Crippen LogP contribution in [-0.2, 0) is 9.53 Å². The molecule has 0 spiro atoms. The minimum absolute atomic E-state index is 0.234. The zero-order valence-electron chi connectivity index (χ0n) is 11.4. The van der Waals surface area contributed by atoms with Crippen molar-refractivity contribution in [3.05, 3.63) is 16.1 Å². The van der Waals surface area contributed by atoms with Crippen LogP contribution in [0.1, 0.15) is 43.9 Å². The summed E-state index contributed by atoms with van der Waals surface area (Å²) in [5, 5.41) is 14.0.